The van der Waals surface area contributed by atoms with E-state index < -0.39 is 0 Å². The van der Waals surface area contributed by atoms with Crippen LogP contribution in [0.1, 0.15) is 26.7 Å². The quantitative estimate of drug-likeness (QED) is 0.737. The van der Waals surface area contributed by atoms with Gasteiger partial charge in [-0.3, -0.25) is 9.48 Å². The van der Waals surface area contributed by atoms with Gasteiger partial charge in [-0.05, 0) is 13.8 Å². The summed E-state index contributed by atoms with van der Waals surface area (Å²) in [6.07, 6.45) is 5.26. The zero-order valence-corrected chi connectivity index (χ0v) is 9.31. The Kier molecular flexibility index (Phi) is 2.75. The smallest absolute Gasteiger partial charge is 0.136 e. The number of aryl methyl sites for hydroxylation is 1. The van der Waals surface area contributed by atoms with E-state index in [1.54, 1.807) is 0 Å². The normalized spacial score (nSPS) is 22.1. The predicted octanol–water partition coefficient (Wildman–Crippen LogP) is 1.46. The molecule has 1 aliphatic rings. The fourth-order valence-corrected chi connectivity index (χ4v) is 2.06. The van der Waals surface area contributed by atoms with Gasteiger partial charge < -0.3 is 4.90 Å². The molecule has 0 saturated carbocycles. The summed E-state index contributed by atoms with van der Waals surface area (Å²) in [6, 6.07) is 0.306. The van der Waals surface area contributed by atoms with Crippen LogP contribution >= 0.6 is 0 Å². The first kappa shape index (κ1) is 10.2. The second kappa shape index (κ2) is 4.04. The summed E-state index contributed by atoms with van der Waals surface area (Å²) in [4.78, 5) is 13.5. The number of anilines is 1. The second-order valence-corrected chi connectivity index (χ2v) is 4.09. The third-order valence-corrected chi connectivity index (χ3v) is 2.96. The summed E-state index contributed by atoms with van der Waals surface area (Å²) in [5.41, 5.74) is 1.14. The predicted molar refractivity (Wildman–Crippen MR) is 59.0 cm³/mol. The van der Waals surface area contributed by atoms with E-state index >= 15 is 0 Å². The maximum absolute atomic E-state index is 11.3. The number of hydrogen-bond donors (Lipinski definition) is 0. The molecule has 0 bridgehead atoms. The van der Waals surface area contributed by atoms with Crippen LogP contribution in [-0.4, -0.2) is 28.2 Å². The molecular formula is C11H17N3O. The molecule has 1 aliphatic heterocycles. The van der Waals surface area contributed by atoms with E-state index in [4.69, 9.17) is 0 Å². The molecule has 4 heteroatoms. The van der Waals surface area contributed by atoms with Crippen LogP contribution in [0, 0.1) is 0 Å². The molecule has 0 spiro atoms. The molecule has 1 fully saturated rings. The van der Waals surface area contributed by atoms with Gasteiger partial charge in [0.1, 0.15) is 5.78 Å². The van der Waals surface area contributed by atoms with Gasteiger partial charge in [-0.1, -0.05) is 0 Å². The van der Waals surface area contributed by atoms with Crippen molar-refractivity contribution >= 4 is 11.5 Å². The van der Waals surface area contributed by atoms with E-state index in [1.807, 2.05) is 17.1 Å². The topological polar surface area (TPSA) is 38.1 Å². The zero-order chi connectivity index (χ0) is 10.8. The lowest BCUT2D eigenvalue weighted by atomic mass is 10.0. The van der Waals surface area contributed by atoms with Gasteiger partial charge in [0.2, 0.25) is 0 Å². The van der Waals surface area contributed by atoms with Crippen molar-refractivity contribution in [3.63, 3.8) is 0 Å². The van der Waals surface area contributed by atoms with Gasteiger partial charge in [0, 0.05) is 38.2 Å². The van der Waals surface area contributed by atoms with Crippen LogP contribution in [-0.2, 0) is 11.3 Å². The highest BCUT2D eigenvalue weighted by Crippen LogP contribution is 2.22. The monoisotopic (exact) mass is 207 g/mol. The molecule has 2 rings (SSSR count). The number of nitrogens with zero attached hydrogens (tertiary/aromatic N) is 3. The molecule has 0 aliphatic carbocycles. The molecule has 15 heavy (non-hydrogen) atoms. The SMILES string of the molecule is CCn1cc(N2CCC(=O)CC2C)cn1. The number of ketones is 1. The summed E-state index contributed by atoms with van der Waals surface area (Å²) in [5, 5.41) is 4.25. The van der Waals surface area contributed by atoms with Crippen molar-refractivity contribution in [2.75, 3.05) is 11.4 Å². The number of aromatic nitrogens is 2. The first-order chi connectivity index (χ1) is 7.20. The maximum Gasteiger partial charge on any atom is 0.136 e. The largest absolute Gasteiger partial charge is 0.365 e. The van der Waals surface area contributed by atoms with Crippen LogP contribution in [0.25, 0.3) is 0 Å². The molecule has 1 unspecified atom stereocenters. The van der Waals surface area contributed by atoms with Crippen LogP contribution in [0.4, 0.5) is 5.69 Å². The lowest BCUT2D eigenvalue weighted by molar-refractivity contribution is -0.120. The van der Waals surface area contributed by atoms with Crippen LogP contribution in [0.3, 0.4) is 0 Å². The minimum absolute atomic E-state index is 0.306. The van der Waals surface area contributed by atoms with Gasteiger partial charge in [-0.25, -0.2) is 0 Å². The number of hydrogen-bond acceptors (Lipinski definition) is 3. The van der Waals surface area contributed by atoms with Gasteiger partial charge in [0.15, 0.2) is 0 Å². The molecule has 1 atom stereocenters. The van der Waals surface area contributed by atoms with Crippen molar-refractivity contribution in [3.05, 3.63) is 12.4 Å². The number of carbonyl (C=O) groups is 1. The lowest BCUT2D eigenvalue weighted by Crippen LogP contribution is -2.40. The molecule has 2 heterocycles. The average Bonchev–Trinajstić information content (AvgIpc) is 2.66. The highest BCUT2D eigenvalue weighted by Gasteiger charge is 2.24. The molecule has 82 valence electrons. The minimum atomic E-state index is 0.306. The van der Waals surface area contributed by atoms with E-state index in [0.717, 1.165) is 18.8 Å². The Morgan fingerprint density at radius 2 is 2.40 bits per heavy atom. The molecule has 1 aromatic rings. The summed E-state index contributed by atoms with van der Waals surface area (Å²) in [7, 11) is 0. The van der Waals surface area contributed by atoms with Crippen LogP contribution in [0.5, 0.6) is 0 Å². The molecule has 0 radical (unpaired) electrons. The molecule has 1 saturated heterocycles. The van der Waals surface area contributed by atoms with Crippen LogP contribution in [0.2, 0.25) is 0 Å². The Bertz CT molecular complexity index is 358. The van der Waals surface area contributed by atoms with E-state index in [2.05, 4.69) is 23.8 Å². The zero-order valence-electron chi connectivity index (χ0n) is 9.31. The summed E-state index contributed by atoms with van der Waals surface area (Å²) in [5.74, 6) is 0.377. The molecule has 0 amide bonds. The highest BCUT2D eigenvalue weighted by atomic mass is 16.1. The Balaban J connectivity index is 2.12. The van der Waals surface area contributed by atoms with E-state index in [0.29, 0.717) is 24.7 Å². The molecular weight excluding hydrogens is 190 g/mol. The third-order valence-electron chi connectivity index (χ3n) is 2.96. The maximum atomic E-state index is 11.3. The number of piperidine rings is 1. The van der Waals surface area contributed by atoms with Crippen molar-refractivity contribution < 1.29 is 4.79 Å². The first-order valence-electron chi connectivity index (χ1n) is 5.51. The van der Waals surface area contributed by atoms with Gasteiger partial charge in [-0.2, -0.15) is 5.10 Å². The Morgan fingerprint density at radius 3 is 3.00 bits per heavy atom. The highest BCUT2D eigenvalue weighted by molar-refractivity contribution is 5.81. The van der Waals surface area contributed by atoms with Gasteiger partial charge in [0.05, 0.1) is 11.9 Å². The fraction of sp³-hybridized carbons (Fsp3) is 0.636. The van der Waals surface area contributed by atoms with Gasteiger partial charge in [0.25, 0.3) is 0 Å². The van der Waals surface area contributed by atoms with Crippen molar-refractivity contribution in [3.8, 4) is 0 Å². The number of carbonyl (C=O) groups excluding carboxylic acids is 1. The summed E-state index contributed by atoms with van der Waals surface area (Å²) in [6.45, 7) is 5.89. The third kappa shape index (κ3) is 2.03. The van der Waals surface area contributed by atoms with Crippen molar-refractivity contribution in [1.82, 2.24) is 9.78 Å². The summed E-state index contributed by atoms with van der Waals surface area (Å²) < 4.78 is 1.92. The lowest BCUT2D eigenvalue weighted by Gasteiger charge is -2.33. The van der Waals surface area contributed by atoms with Crippen LogP contribution < -0.4 is 4.90 Å². The fourth-order valence-electron chi connectivity index (χ4n) is 2.06. The van der Waals surface area contributed by atoms with E-state index in [1.165, 1.54) is 0 Å². The number of rotatable bonds is 2. The second-order valence-electron chi connectivity index (χ2n) is 4.09. The van der Waals surface area contributed by atoms with Crippen LogP contribution in [0.15, 0.2) is 12.4 Å². The molecule has 0 aromatic carbocycles. The Morgan fingerprint density at radius 1 is 1.60 bits per heavy atom. The average molecular weight is 207 g/mol. The minimum Gasteiger partial charge on any atom is -0.365 e. The van der Waals surface area contributed by atoms with Crippen molar-refractivity contribution in [1.29, 1.82) is 0 Å². The van der Waals surface area contributed by atoms with E-state index in [-0.39, 0.29) is 0 Å². The van der Waals surface area contributed by atoms with E-state index in [9.17, 15) is 4.79 Å². The molecule has 1 aromatic heterocycles. The summed E-state index contributed by atoms with van der Waals surface area (Å²) >= 11 is 0. The van der Waals surface area contributed by atoms with Crippen molar-refractivity contribution in [2.24, 2.45) is 0 Å². The van der Waals surface area contributed by atoms with Gasteiger partial charge >= 0.3 is 0 Å². The van der Waals surface area contributed by atoms with Crippen molar-refractivity contribution in [2.45, 2.75) is 39.3 Å². The molecule has 4 nitrogen and oxygen atoms in total. The Hall–Kier alpha value is -1.32. The molecule has 0 N–H and O–H groups in total. The number of Topliss-reactive ketones (excluding diaryl/α,β-unsaturated/α-hetero) is 1. The van der Waals surface area contributed by atoms with Gasteiger partial charge in [-0.15, -0.1) is 0 Å². The Labute approximate surface area is 89.9 Å². The standard InChI is InChI=1S/C11H17N3O/c1-3-13-8-10(7-12-13)14-5-4-11(15)6-9(14)2/h7-9H,3-6H2,1-2H3. The first-order valence-corrected chi connectivity index (χ1v) is 5.51.